The molecule has 4 rings (SSSR count). The first-order valence-corrected chi connectivity index (χ1v) is 12.7. The highest BCUT2D eigenvalue weighted by Crippen LogP contribution is 2.27. The monoisotopic (exact) mass is 520 g/mol. The molecule has 0 unspecified atom stereocenters. The smallest absolute Gasteiger partial charge is 0.423 e. The summed E-state index contributed by atoms with van der Waals surface area (Å²) >= 11 is 1.74. The van der Waals surface area contributed by atoms with Crippen molar-refractivity contribution >= 4 is 40.9 Å². The topological polar surface area (TPSA) is 121 Å². The van der Waals surface area contributed by atoms with Gasteiger partial charge in [0.15, 0.2) is 0 Å². The van der Waals surface area contributed by atoms with Crippen LogP contribution in [0, 0.1) is 0 Å². The molecule has 0 atom stereocenters. The van der Waals surface area contributed by atoms with Gasteiger partial charge in [-0.2, -0.15) is 11.8 Å². The zero-order chi connectivity index (χ0) is 26.0. The number of benzene rings is 2. The van der Waals surface area contributed by atoms with Crippen LogP contribution in [-0.4, -0.2) is 46.3 Å². The average molecular weight is 521 g/mol. The van der Waals surface area contributed by atoms with Gasteiger partial charge in [-0.05, 0) is 60.9 Å². The standard InChI is InChI=1S/C26H24N4O6S/c1-37-15-5-12-28-24(31)30-14-11-18-16-20(8-9-22(18)30)34-21-10-13-27-23(17-21)36-26(33)29-25(32)35-19-6-3-2-4-7-19/h2-4,6-11,13-14,16-17H,5,12,15H2,1H3,(H,28,31)(H,29,32,33). The molecule has 3 amide bonds. The van der Waals surface area contributed by atoms with Crippen LogP contribution >= 0.6 is 11.8 Å². The largest absolute Gasteiger partial charge is 0.457 e. The molecule has 0 aliphatic carbocycles. The lowest BCUT2D eigenvalue weighted by molar-refractivity contribution is 0.180. The van der Waals surface area contributed by atoms with Gasteiger partial charge in [0.05, 0.1) is 5.52 Å². The Labute approximate surface area is 216 Å². The fourth-order valence-corrected chi connectivity index (χ4v) is 3.76. The van der Waals surface area contributed by atoms with Gasteiger partial charge in [-0.1, -0.05) is 18.2 Å². The predicted molar refractivity (Wildman–Crippen MR) is 140 cm³/mol. The zero-order valence-corrected chi connectivity index (χ0v) is 20.7. The Kier molecular flexibility index (Phi) is 8.61. The molecule has 0 fully saturated rings. The van der Waals surface area contributed by atoms with Crippen molar-refractivity contribution in [3.63, 3.8) is 0 Å². The summed E-state index contributed by atoms with van der Waals surface area (Å²) in [7, 11) is 0. The number of hydrogen-bond donors (Lipinski definition) is 2. The summed E-state index contributed by atoms with van der Waals surface area (Å²) in [5, 5.41) is 5.68. The second-order valence-electron chi connectivity index (χ2n) is 7.63. The minimum absolute atomic E-state index is 0.0760. The normalized spacial score (nSPS) is 10.5. The molecule has 2 aromatic heterocycles. The Hall–Kier alpha value is -4.51. The highest BCUT2D eigenvalue weighted by atomic mass is 32.2. The van der Waals surface area contributed by atoms with Crippen molar-refractivity contribution in [1.82, 2.24) is 20.2 Å². The molecule has 190 valence electrons. The molecular weight excluding hydrogens is 496 g/mol. The van der Waals surface area contributed by atoms with Crippen LogP contribution in [0.25, 0.3) is 10.9 Å². The average Bonchev–Trinajstić information content (AvgIpc) is 3.30. The summed E-state index contributed by atoms with van der Waals surface area (Å²) in [6.45, 7) is 0.610. The van der Waals surface area contributed by atoms with Crippen molar-refractivity contribution in [2.24, 2.45) is 0 Å². The number of rotatable bonds is 8. The second-order valence-corrected chi connectivity index (χ2v) is 8.62. The number of thioether (sulfide) groups is 1. The fraction of sp³-hybridized carbons (Fsp3) is 0.154. The first kappa shape index (κ1) is 25.6. The number of imide groups is 1. The minimum atomic E-state index is -1.06. The first-order valence-electron chi connectivity index (χ1n) is 11.3. The number of pyridine rings is 1. The molecule has 0 radical (unpaired) electrons. The van der Waals surface area contributed by atoms with E-state index >= 15 is 0 Å². The van der Waals surface area contributed by atoms with Crippen LogP contribution in [-0.2, 0) is 0 Å². The van der Waals surface area contributed by atoms with E-state index in [0.717, 1.165) is 23.1 Å². The number of hydrogen-bond acceptors (Lipinski definition) is 8. The quantitative estimate of drug-likeness (QED) is 0.295. The van der Waals surface area contributed by atoms with E-state index in [2.05, 4.69) is 10.3 Å². The Bertz CT molecular complexity index is 1390. The summed E-state index contributed by atoms with van der Waals surface area (Å²) in [4.78, 5) is 40.3. The highest BCUT2D eigenvalue weighted by molar-refractivity contribution is 7.98. The summed E-state index contributed by atoms with van der Waals surface area (Å²) < 4.78 is 17.5. The molecule has 11 heteroatoms. The Morgan fingerprint density at radius 1 is 0.919 bits per heavy atom. The van der Waals surface area contributed by atoms with E-state index in [1.54, 1.807) is 77.1 Å². The number of ether oxygens (including phenoxy) is 3. The zero-order valence-electron chi connectivity index (χ0n) is 19.9. The maximum Gasteiger partial charge on any atom is 0.423 e. The second kappa shape index (κ2) is 12.5. The van der Waals surface area contributed by atoms with E-state index in [4.69, 9.17) is 14.2 Å². The molecule has 10 nitrogen and oxygen atoms in total. The van der Waals surface area contributed by atoms with Crippen molar-refractivity contribution in [3.8, 4) is 23.1 Å². The number of amides is 3. The summed E-state index contributed by atoms with van der Waals surface area (Å²) in [5.74, 6) is 2.06. The van der Waals surface area contributed by atoms with Gasteiger partial charge in [0.2, 0.25) is 5.88 Å². The molecule has 2 heterocycles. The third-order valence-electron chi connectivity index (χ3n) is 4.98. The molecule has 0 bridgehead atoms. The van der Waals surface area contributed by atoms with Gasteiger partial charge in [0.25, 0.3) is 0 Å². The number of fused-ring (bicyclic) bond motifs is 1. The minimum Gasteiger partial charge on any atom is -0.457 e. The number of nitrogens with one attached hydrogen (secondary N) is 2. The number of carbonyl (C=O) groups excluding carboxylic acids is 3. The third-order valence-corrected chi connectivity index (χ3v) is 5.68. The van der Waals surface area contributed by atoms with Crippen molar-refractivity contribution in [2.45, 2.75) is 6.42 Å². The number of nitrogens with zero attached hydrogens (tertiary/aromatic N) is 2. The number of aromatic nitrogens is 2. The maximum atomic E-state index is 12.5. The van der Waals surface area contributed by atoms with Gasteiger partial charge in [-0.15, -0.1) is 0 Å². The Morgan fingerprint density at radius 3 is 2.51 bits per heavy atom. The summed E-state index contributed by atoms with van der Waals surface area (Å²) in [6, 6.07) is 18.2. The van der Waals surface area contributed by atoms with Crippen LogP contribution in [0.15, 0.2) is 79.1 Å². The van der Waals surface area contributed by atoms with E-state index in [1.807, 2.05) is 17.6 Å². The first-order chi connectivity index (χ1) is 18.0. The van der Waals surface area contributed by atoms with Gasteiger partial charge >= 0.3 is 18.2 Å². The van der Waals surface area contributed by atoms with Crippen molar-refractivity contribution in [3.05, 3.63) is 79.1 Å². The van der Waals surface area contributed by atoms with Gasteiger partial charge < -0.3 is 19.5 Å². The van der Waals surface area contributed by atoms with E-state index in [9.17, 15) is 14.4 Å². The van der Waals surface area contributed by atoms with Gasteiger partial charge in [-0.25, -0.2) is 24.7 Å². The van der Waals surface area contributed by atoms with Gasteiger partial charge in [0.1, 0.15) is 17.2 Å². The predicted octanol–water partition coefficient (Wildman–Crippen LogP) is 5.43. The third kappa shape index (κ3) is 7.24. The van der Waals surface area contributed by atoms with Crippen LogP contribution in [0.4, 0.5) is 14.4 Å². The van der Waals surface area contributed by atoms with Crippen LogP contribution in [0.5, 0.6) is 23.1 Å². The molecule has 2 aromatic carbocycles. The van der Waals surface area contributed by atoms with Crippen molar-refractivity contribution in [1.29, 1.82) is 0 Å². The molecule has 0 aliphatic rings. The van der Waals surface area contributed by atoms with Crippen LogP contribution < -0.4 is 24.8 Å². The van der Waals surface area contributed by atoms with E-state index in [0.29, 0.717) is 18.0 Å². The lowest BCUT2D eigenvalue weighted by Gasteiger charge is -2.09. The Balaban J connectivity index is 1.34. The molecule has 0 saturated heterocycles. The van der Waals surface area contributed by atoms with Crippen molar-refractivity contribution < 1.29 is 28.6 Å². The number of carbonyl (C=O) groups is 3. The van der Waals surface area contributed by atoms with Crippen LogP contribution in [0.2, 0.25) is 0 Å². The lowest BCUT2D eigenvalue weighted by Crippen LogP contribution is -2.35. The fourth-order valence-electron chi connectivity index (χ4n) is 3.33. The molecule has 37 heavy (non-hydrogen) atoms. The van der Waals surface area contributed by atoms with E-state index in [1.165, 1.54) is 12.3 Å². The summed E-state index contributed by atoms with van der Waals surface area (Å²) in [5.41, 5.74) is 0.743. The summed E-state index contributed by atoms with van der Waals surface area (Å²) in [6.07, 6.45) is 4.00. The van der Waals surface area contributed by atoms with Crippen LogP contribution in [0.3, 0.4) is 0 Å². The molecule has 0 spiro atoms. The van der Waals surface area contributed by atoms with E-state index in [-0.39, 0.29) is 17.7 Å². The molecular formula is C26H24N4O6S. The van der Waals surface area contributed by atoms with Crippen LogP contribution in [0.1, 0.15) is 6.42 Å². The molecule has 0 aliphatic heterocycles. The maximum absolute atomic E-state index is 12.5. The van der Waals surface area contributed by atoms with Gasteiger partial charge in [-0.3, -0.25) is 4.57 Å². The number of para-hydroxylation sites is 1. The molecule has 4 aromatic rings. The highest BCUT2D eigenvalue weighted by Gasteiger charge is 2.14. The molecule has 0 saturated carbocycles. The van der Waals surface area contributed by atoms with E-state index < -0.39 is 12.2 Å². The Morgan fingerprint density at radius 2 is 1.70 bits per heavy atom. The molecule has 2 N–H and O–H groups in total. The van der Waals surface area contributed by atoms with Crippen molar-refractivity contribution in [2.75, 3.05) is 18.6 Å². The SMILES string of the molecule is CSCCCNC(=O)n1ccc2cc(Oc3ccnc(OC(=O)NC(=O)Oc4ccccc4)c3)ccc21. The lowest BCUT2D eigenvalue weighted by atomic mass is 10.2. The van der Waals surface area contributed by atoms with Gasteiger partial charge in [0, 0.05) is 30.4 Å².